The van der Waals surface area contributed by atoms with Crippen molar-refractivity contribution in [2.75, 3.05) is 7.11 Å². The summed E-state index contributed by atoms with van der Waals surface area (Å²) in [4.78, 5) is 21.3. The van der Waals surface area contributed by atoms with Gasteiger partial charge in [0, 0.05) is 9.64 Å². The highest BCUT2D eigenvalue weighted by molar-refractivity contribution is 14.1. The quantitative estimate of drug-likeness (QED) is 0.371. The molecule has 1 aromatic rings. The first-order valence-electron chi connectivity index (χ1n) is 4.00. The Morgan fingerprint density at radius 3 is 2.53 bits per heavy atom. The Hall–Kier alpha value is -1.18. The molecule has 0 amide bonds. The van der Waals surface area contributed by atoms with Crippen LogP contribution in [0.5, 0.6) is 5.75 Å². The standard InChI is InChI=1S/C9H8INO4/c1-5(12)9-7(10)3-6(11(13)14)4-8(9)15-2/h3-4H,1-2H3. The zero-order valence-electron chi connectivity index (χ0n) is 8.11. The normalized spacial score (nSPS) is 9.80. The van der Waals surface area contributed by atoms with Crippen molar-refractivity contribution in [2.45, 2.75) is 6.92 Å². The SMILES string of the molecule is COc1cc([N+](=O)[O-])cc(I)c1C(C)=O. The predicted octanol–water partition coefficient (Wildman–Crippen LogP) is 2.41. The van der Waals surface area contributed by atoms with Crippen LogP contribution in [-0.4, -0.2) is 17.8 Å². The molecule has 0 saturated heterocycles. The molecule has 0 fully saturated rings. The Kier molecular flexibility index (Phi) is 3.61. The second kappa shape index (κ2) is 4.56. The lowest BCUT2D eigenvalue weighted by molar-refractivity contribution is -0.385. The van der Waals surface area contributed by atoms with E-state index in [1.807, 2.05) is 22.6 Å². The summed E-state index contributed by atoms with van der Waals surface area (Å²) >= 11 is 1.88. The number of carbonyl (C=O) groups is 1. The number of halogens is 1. The largest absolute Gasteiger partial charge is 0.496 e. The minimum Gasteiger partial charge on any atom is -0.496 e. The van der Waals surface area contributed by atoms with Gasteiger partial charge in [0.15, 0.2) is 5.78 Å². The third kappa shape index (κ3) is 2.44. The number of rotatable bonds is 3. The van der Waals surface area contributed by atoms with Crippen LogP contribution in [-0.2, 0) is 0 Å². The minimum atomic E-state index is -0.519. The molecular formula is C9H8INO4. The smallest absolute Gasteiger partial charge is 0.274 e. The molecule has 0 unspecified atom stereocenters. The molecule has 1 aromatic carbocycles. The highest BCUT2D eigenvalue weighted by atomic mass is 127. The van der Waals surface area contributed by atoms with E-state index < -0.39 is 4.92 Å². The molecule has 6 heteroatoms. The van der Waals surface area contributed by atoms with Crippen molar-refractivity contribution in [3.63, 3.8) is 0 Å². The average Bonchev–Trinajstić information content (AvgIpc) is 2.15. The second-order valence-electron chi connectivity index (χ2n) is 2.82. The van der Waals surface area contributed by atoms with Crippen molar-refractivity contribution >= 4 is 34.1 Å². The molecule has 0 heterocycles. The number of non-ortho nitro benzene ring substituents is 1. The van der Waals surface area contributed by atoms with E-state index in [1.54, 1.807) is 0 Å². The van der Waals surface area contributed by atoms with Gasteiger partial charge in [-0.1, -0.05) is 0 Å². The summed E-state index contributed by atoms with van der Waals surface area (Å²) in [5.41, 5.74) is 0.296. The number of hydrogen-bond acceptors (Lipinski definition) is 4. The number of ketones is 1. The van der Waals surface area contributed by atoms with Crippen LogP contribution in [0.3, 0.4) is 0 Å². The molecule has 0 N–H and O–H groups in total. The lowest BCUT2D eigenvalue weighted by atomic mass is 10.1. The van der Waals surface area contributed by atoms with E-state index in [0.29, 0.717) is 9.13 Å². The van der Waals surface area contributed by atoms with Gasteiger partial charge in [0.1, 0.15) is 5.75 Å². The Bertz CT molecular complexity index is 430. The molecule has 0 atom stereocenters. The van der Waals surface area contributed by atoms with E-state index in [2.05, 4.69) is 0 Å². The van der Waals surface area contributed by atoms with E-state index in [4.69, 9.17) is 4.74 Å². The van der Waals surface area contributed by atoms with Gasteiger partial charge in [-0.3, -0.25) is 14.9 Å². The molecule has 5 nitrogen and oxygen atoms in total. The monoisotopic (exact) mass is 321 g/mol. The van der Waals surface area contributed by atoms with Crippen LogP contribution >= 0.6 is 22.6 Å². The van der Waals surface area contributed by atoms with E-state index in [9.17, 15) is 14.9 Å². The predicted molar refractivity (Wildman–Crippen MR) is 62.4 cm³/mol. The first-order chi connectivity index (χ1) is 6.97. The first-order valence-corrected chi connectivity index (χ1v) is 5.08. The van der Waals surface area contributed by atoms with Gasteiger partial charge in [-0.2, -0.15) is 0 Å². The average molecular weight is 321 g/mol. The third-order valence-electron chi connectivity index (χ3n) is 1.82. The molecule has 0 aliphatic carbocycles. The van der Waals surface area contributed by atoms with Crippen LogP contribution in [0, 0.1) is 13.7 Å². The second-order valence-corrected chi connectivity index (χ2v) is 3.98. The maximum Gasteiger partial charge on any atom is 0.274 e. The molecule has 1 rings (SSSR count). The maximum atomic E-state index is 11.3. The molecule has 0 radical (unpaired) electrons. The summed E-state index contributed by atoms with van der Waals surface area (Å²) in [6.07, 6.45) is 0. The van der Waals surface area contributed by atoms with Crippen LogP contribution in [0.2, 0.25) is 0 Å². The Morgan fingerprint density at radius 1 is 1.53 bits per heavy atom. The van der Waals surface area contributed by atoms with Crippen molar-refractivity contribution in [1.82, 2.24) is 0 Å². The molecule has 0 aliphatic rings. The summed E-state index contributed by atoms with van der Waals surface area (Å²) in [6.45, 7) is 1.39. The number of nitro groups is 1. The molecular weight excluding hydrogens is 313 g/mol. The van der Waals surface area contributed by atoms with E-state index in [1.165, 1.54) is 26.2 Å². The summed E-state index contributed by atoms with van der Waals surface area (Å²) in [6, 6.07) is 2.60. The lowest BCUT2D eigenvalue weighted by Crippen LogP contribution is -2.02. The van der Waals surface area contributed by atoms with Gasteiger partial charge in [0.2, 0.25) is 0 Å². The van der Waals surface area contributed by atoms with Crippen LogP contribution in [0.15, 0.2) is 12.1 Å². The first kappa shape index (κ1) is 11.9. The fourth-order valence-corrected chi connectivity index (χ4v) is 2.14. The van der Waals surface area contributed by atoms with Crippen molar-refractivity contribution < 1.29 is 14.5 Å². The van der Waals surface area contributed by atoms with Crippen molar-refractivity contribution in [3.05, 3.63) is 31.4 Å². The highest BCUT2D eigenvalue weighted by Crippen LogP contribution is 2.29. The molecule has 0 spiro atoms. The van der Waals surface area contributed by atoms with E-state index >= 15 is 0 Å². The number of carbonyl (C=O) groups excluding carboxylic acids is 1. The summed E-state index contributed by atoms with van der Waals surface area (Å²) in [5, 5.41) is 10.6. The number of ether oxygens (including phenoxy) is 1. The van der Waals surface area contributed by atoms with Crippen molar-refractivity contribution in [2.24, 2.45) is 0 Å². The van der Waals surface area contributed by atoms with Crippen LogP contribution < -0.4 is 4.74 Å². The fraction of sp³-hybridized carbons (Fsp3) is 0.222. The Balaban J connectivity index is 3.43. The minimum absolute atomic E-state index is 0.0822. The van der Waals surface area contributed by atoms with Gasteiger partial charge >= 0.3 is 0 Å². The summed E-state index contributed by atoms with van der Waals surface area (Å²) < 4.78 is 5.47. The number of Topliss-reactive ketones (excluding diaryl/α,β-unsaturated/α-hetero) is 1. The maximum absolute atomic E-state index is 11.3. The van der Waals surface area contributed by atoms with Gasteiger partial charge < -0.3 is 4.74 Å². The number of methoxy groups -OCH3 is 1. The highest BCUT2D eigenvalue weighted by Gasteiger charge is 2.18. The van der Waals surface area contributed by atoms with E-state index in [0.717, 1.165) is 0 Å². The molecule has 0 aliphatic heterocycles. The lowest BCUT2D eigenvalue weighted by Gasteiger charge is -2.07. The topological polar surface area (TPSA) is 69.4 Å². The van der Waals surface area contributed by atoms with Gasteiger partial charge in [0.25, 0.3) is 5.69 Å². The van der Waals surface area contributed by atoms with Crippen LogP contribution in [0.25, 0.3) is 0 Å². The van der Waals surface area contributed by atoms with Gasteiger partial charge in [0.05, 0.1) is 23.7 Å². The Morgan fingerprint density at radius 2 is 2.13 bits per heavy atom. The molecule has 0 saturated carbocycles. The van der Waals surface area contributed by atoms with Crippen molar-refractivity contribution in [1.29, 1.82) is 0 Å². The van der Waals surface area contributed by atoms with Gasteiger partial charge in [-0.15, -0.1) is 0 Å². The molecule has 0 bridgehead atoms. The molecule has 0 aromatic heterocycles. The fourth-order valence-electron chi connectivity index (χ4n) is 1.18. The van der Waals surface area contributed by atoms with Gasteiger partial charge in [-0.05, 0) is 29.5 Å². The number of nitrogens with zero attached hydrogens (tertiary/aromatic N) is 1. The summed E-state index contributed by atoms with van der Waals surface area (Å²) in [7, 11) is 1.38. The molecule has 80 valence electrons. The Labute approximate surface area is 99.7 Å². The zero-order chi connectivity index (χ0) is 11.6. The van der Waals surface area contributed by atoms with Crippen molar-refractivity contribution in [3.8, 4) is 5.75 Å². The van der Waals surface area contributed by atoms with Gasteiger partial charge in [-0.25, -0.2) is 0 Å². The zero-order valence-corrected chi connectivity index (χ0v) is 10.3. The van der Waals surface area contributed by atoms with Crippen LogP contribution in [0.1, 0.15) is 17.3 Å². The number of nitro benzene ring substituents is 1. The molecule has 15 heavy (non-hydrogen) atoms. The third-order valence-corrected chi connectivity index (χ3v) is 2.67. The number of benzene rings is 1. The summed E-state index contributed by atoms with van der Waals surface area (Å²) in [5.74, 6) is 0.0623. The van der Waals surface area contributed by atoms with Crippen LogP contribution in [0.4, 0.5) is 5.69 Å². The number of hydrogen-bond donors (Lipinski definition) is 0. The van der Waals surface area contributed by atoms with E-state index in [-0.39, 0.29) is 17.2 Å².